The maximum atomic E-state index is 12.0. The smallest absolute Gasteiger partial charge is 0.325 e. The van der Waals surface area contributed by atoms with Gasteiger partial charge in [-0.05, 0) is 31.9 Å². The van der Waals surface area contributed by atoms with E-state index in [1.807, 2.05) is 6.07 Å². The molecule has 0 bridgehead atoms. The number of hydrogen-bond acceptors (Lipinski definition) is 4. The fraction of sp³-hybridized carbons (Fsp3) is 0.538. The highest BCUT2D eigenvalue weighted by molar-refractivity contribution is 5.81. The van der Waals surface area contributed by atoms with Crippen LogP contribution in [0.4, 0.5) is 4.79 Å². The van der Waals surface area contributed by atoms with Gasteiger partial charge in [-0.15, -0.1) is 0 Å². The predicted molar refractivity (Wildman–Crippen MR) is 67.3 cm³/mol. The number of esters is 1. The molecule has 6 heteroatoms. The van der Waals surface area contributed by atoms with Crippen molar-refractivity contribution in [3.8, 4) is 0 Å². The van der Waals surface area contributed by atoms with Crippen molar-refractivity contribution in [2.45, 2.75) is 32.4 Å². The Balaban J connectivity index is 1.84. The number of nitrogens with one attached hydrogen (secondary N) is 1. The summed E-state index contributed by atoms with van der Waals surface area (Å²) >= 11 is 0. The number of nitrogens with zero attached hydrogens (tertiary/aromatic N) is 1. The van der Waals surface area contributed by atoms with Gasteiger partial charge in [0.05, 0.1) is 19.4 Å². The molecular weight excluding hydrogens is 248 g/mol. The number of rotatable bonds is 6. The summed E-state index contributed by atoms with van der Waals surface area (Å²) < 4.78 is 10.0. The lowest BCUT2D eigenvalue weighted by Crippen LogP contribution is -2.43. The van der Waals surface area contributed by atoms with Crippen molar-refractivity contribution >= 4 is 12.0 Å². The van der Waals surface area contributed by atoms with Crippen LogP contribution >= 0.6 is 0 Å². The molecule has 0 saturated heterocycles. The minimum absolute atomic E-state index is 0.103. The third-order valence-corrected chi connectivity index (χ3v) is 2.84. The number of carbonyl (C=O) groups excluding carboxylic acids is 2. The van der Waals surface area contributed by atoms with Crippen LogP contribution in [0.25, 0.3) is 0 Å². The van der Waals surface area contributed by atoms with Crippen LogP contribution in [-0.4, -0.2) is 36.1 Å². The first-order valence-corrected chi connectivity index (χ1v) is 6.43. The molecule has 0 spiro atoms. The molecule has 1 aromatic heterocycles. The number of furan rings is 1. The maximum absolute atomic E-state index is 12.0. The van der Waals surface area contributed by atoms with Crippen molar-refractivity contribution in [2.75, 3.05) is 13.2 Å². The van der Waals surface area contributed by atoms with E-state index in [0.29, 0.717) is 13.2 Å². The van der Waals surface area contributed by atoms with Crippen molar-refractivity contribution < 1.29 is 18.7 Å². The van der Waals surface area contributed by atoms with E-state index in [-0.39, 0.29) is 18.6 Å². The van der Waals surface area contributed by atoms with Crippen LogP contribution < -0.4 is 5.32 Å². The fourth-order valence-corrected chi connectivity index (χ4v) is 1.78. The number of hydrogen-bond donors (Lipinski definition) is 1. The molecule has 104 valence electrons. The molecule has 1 fully saturated rings. The monoisotopic (exact) mass is 266 g/mol. The third-order valence-electron chi connectivity index (χ3n) is 2.84. The first-order chi connectivity index (χ1) is 9.20. The van der Waals surface area contributed by atoms with E-state index in [1.165, 1.54) is 0 Å². The molecule has 2 rings (SSSR count). The third kappa shape index (κ3) is 4.01. The van der Waals surface area contributed by atoms with E-state index in [1.54, 1.807) is 24.2 Å². The molecule has 0 aliphatic heterocycles. The van der Waals surface area contributed by atoms with Crippen LogP contribution in [-0.2, 0) is 16.1 Å². The summed E-state index contributed by atoms with van der Waals surface area (Å²) in [4.78, 5) is 24.9. The molecule has 1 aliphatic carbocycles. The summed E-state index contributed by atoms with van der Waals surface area (Å²) in [6.07, 6.45) is 3.57. The Kier molecular flexibility index (Phi) is 4.43. The standard InChI is InChI=1S/C13H18N2O4/c1-2-18-12(16)8-14-13(17)15(10-5-6-10)9-11-4-3-7-19-11/h3-4,7,10H,2,5-6,8-9H2,1H3,(H,14,17). The molecule has 1 heterocycles. The van der Waals surface area contributed by atoms with Crippen LogP contribution in [0.2, 0.25) is 0 Å². The summed E-state index contributed by atoms with van der Waals surface area (Å²) in [7, 11) is 0. The Morgan fingerprint density at radius 2 is 2.32 bits per heavy atom. The molecule has 1 N–H and O–H groups in total. The topological polar surface area (TPSA) is 71.8 Å². The molecule has 2 amide bonds. The van der Waals surface area contributed by atoms with E-state index in [0.717, 1.165) is 18.6 Å². The van der Waals surface area contributed by atoms with Crippen LogP contribution in [0.15, 0.2) is 22.8 Å². The summed E-state index contributed by atoms with van der Waals surface area (Å²) in [5.41, 5.74) is 0. The van der Waals surface area contributed by atoms with Gasteiger partial charge >= 0.3 is 12.0 Å². The van der Waals surface area contributed by atoms with Gasteiger partial charge in [0.1, 0.15) is 12.3 Å². The van der Waals surface area contributed by atoms with E-state index in [9.17, 15) is 9.59 Å². The second-order valence-corrected chi connectivity index (χ2v) is 4.40. The Bertz CT molecular complexity index is 426. The molecule has 19 heavy (non-hydrogen) atoms. The summed E-state index contributed by atoms with van der Waals surface area (Å²) in [5, 5.41) is 2.57. The molecule has 1 aromatic rings. The van der Waals surface area contributed by atoms with Gasteiger partial charge in [-0.25, -0.2) is 4.79 Å². The Labute approximate surface area is 111 Å². The highest BCUT2D eigenvalue weighted by atomic mass is 16.5. The highest BCUT2D eigenvalue weighted by Gasteiger charge is 2.33. The normalized spacial score (nSPS) is 13.9. The van der Waals surface area contributed by atoms with Gasteiger partial charge in [0.25, 0.3) is 0 Å². The van der Waals surface area contributed by atoms with Crippen LogP contribution in [0.3, 0.4) is 0 Å². The van der Waals surface area contributed by atoms with Gasteiger partial charge in [-0.2, -0.15) is 0 Å². The summed E-state index contributed by atoms with van der Waals surface area (Å²) in [6.45, 7) is 2.36. The molecule has 6 nitrogen and oxygen atoms in total. The molecule has 1 saturated carbocycles. The van der Waals surface area contributed by atoms with Crippen molar-refractivity contribution in [1.29, 1.82) is 0 Å². The Hall–Kier alpha value is -1.98. The fourth-order valence-electron chi connectivity index (χ4n) is 1.78. The Morgan fingerprint density at radius 1 is 1.53 bits per heavy atom. The molecule has 0 radical (unpaired) electrons. The lowest BCUT2D eigenvalue weighted by Gasteiger charge is -2.21. The first kappa shape index (κ1) is 13.5. The minimum atomic E-state index is -0.426. The van der Waals surface area contributed by atoms with Gasteiger partial charge < -0.3 is 19.4 Å². The Morgan fingerprint density at radius 3 is 2.89 bits per heavy atom. The van der Waals surface area contributed by atoms with Crippen molar-refractivity contribution in [3.05, 3.63) is 24.2 Å². The SMILES string of the molecule is CCOC(=O)CNC(=O)N(Cc1ccco1)C1CC1. The van der Waals surface area contributed by atoms with Crippen LogP contribution in [0.1, 0.15) is 25.5 Å². The molecule has 0 atom stereocenters. The zero-order valence-electron chi connectivity index (χ0n) is 10.9. The highest BCUT2D eigenvalue weighted by Crippen LogP contribution is 2.28. The van der Waals surface area contributed by atoms with E-state index >= 15 is 0 Å². The average molecular weight is 266 g/mol. The summed E-state index contributed by atoms with van der Waals surface area (Å²) in [5.74, 6) is 0.308. The van der Waals surface area contributed by atoms with Gasteiger partial charge in [0.15, 0.2) is 0 Å². The molecular formula is C13H18N2O4. The van der Waals surface area contributed by atoms with Gasteiger partial charge in [-0.1, -0.05) is 0 Å². The molecule has 1 aliphatic rings. The second kappa shape index (κ2) is 6.26. The van der Waals surface area contributed by atoms with Gasteiger partial charge in [0, 0.05) is 6.04 Å². The number of urea groups is 1. The largest absolute Gasteiger partial charge is 0.467 e. The van der Waals surface area contributed by atoms with Gasteiger partial charge in [-0.3, -0.25) is 4.79 Å². The van der Waals surface area contributed by atoms with Crippen LogP contribution in [0, 0.1) is 0 Å². The zero-order chi connectivity index (χ0) is 13.7. The lowest BCUT2D eigenvalue weighted by molar-refractivity contribution is -0.141. The maximum Gasteiger partial charge on any atom is 0.325 e. The van der Waals surface area contributed by atoms with Crippen LogP contribution in [0.5, 0.6) is 0 Å². The first-order valence-electron chi connectivity index (χ1n) is 6.43. The lowest BCUT2D eigenvalue weighted by atomic mass is 10.4. The van der Waals surface area contributed by atoms with E-state index < -0.39 is 5.97 Å². The van der Waals surface area contributed by atoms with E-state index in [4.69, 9.17) is 9.15 Å². The van der Waals surface area contributed by atoms with Crippen molar-refractivity contribution in [1.82, 2.24) is 10.2 Å². The minimum Gasteiger partial charge on any atom is -0.467 e. The van der Waals surface area contributed by atoms with Crippen molar-refractivity contribution in [3.63, 3.8) is 0 Å². The predicted octanol–water partition coefficient (Wildman–Crippen LogP) is 1.52. The molecule has 0 unspecified atom stereocenters. The van der Waals surface area contributed by atoms with Crippen molar-refractivity contribution in [2.24, 2.45) is 0 Å². The second-order valence-electron chi connectivity index (χ2n) is 4.40. The summed E-state index contributed by atoms with van der Waals surface area (Å²) in [6, 6.07) is 3.60. The number of carbonyl (C=O) groups is 2. The van der Waals surface area contributed by atoms with Gasteiger partial charge in [0.2, 0.25) is 0 Å². The zero-order valence-corrected chi connectivity index (χ0v) is 10.9. The molecule has 0 aromatic carbocycles. The number of amides is 2. The van der Waals surface area contributed by atoms with E-state index in [2.05, 4.69) is 5.32 Å². The average Bonchev–Trinajstić information content (AvgIpc) is 3.10. The number of ether oxygens (including phenoxy) is 1. The quantitative estimate of drug-likeness (QED) is 0.792.